The van der Waals surface area contributed by atoms with E-state index in [2.05, 4.69) is 6.92 Å². The Bertz CT molecular complexity index is 305. The van der Waals surface area contributed by atoms with Crippen molar-refractivity contribution in [2.24, 2.45) is 11.5 Å². The molecular weight excluding hydrogens is 376 g/mol. The van der Waals surface area contributed by atoms with Gasteiger partial charge in [0.1, 0.15) is 0 Å². The van der Waals surface area contributed by atoms with E-state index in [-0.39, 0.29) is 0 Å². The van der Waals surface area contributed by atoms with E-state index in [1.165, 1.54) is 154 Å². The fraction of sp³-hybridized carbons (Fsp3) is 1.00. The predicted octanol–water partition coefficient (Wildman–Crippen LogP) is 9.43. The zero-order chi connectivity index (χ0) is 22.7. The fourth-order valence-corrected chi connectivity index (χ4v) is 4.73. The molecule has 0 bridgehead atoms. The van der Waals surface area contributed by atoms with Crippen LogP contribution < -0.4 is 11.5 Å². The largest absolute Gasteiger partial charge is 0.330 e. The molecule has 31 heavy (non-hydrogen) atoms. The molecule has 0 saturated carbocycles. The van der Waals surface area contributed by atoms with Crippen molar-refractivity contribution in [1.29, 1.82) is 0 Å². The van der Waals surface area contributed by atoms with Gasteiger partial charge in [0, 0.05) is 6.04 Å². The van der Waals surface area contributed by atoms with Crippen LogP contribution in [0.1, 0.15) is 174 Å². The molecule has 188 valence electrons. The van der Waals surface area contributed by atoms with Crippen LogP contribution in [-0.4, -0.2) is 12.6 Å². The van der Waals surface area contributed by atoms with Crippen LogP contribution in [-0.2, 0) is 0 Å². The van der Waals surface area contributed by atoms with Crippen LogP contribution in [0.3, 0.4) is 0 Å². The maximum atomic E-state index is 6.00. The van der Waals surface area contributed by atoms with Gasteiger partial charge in [0.25, 0.3) is 0 Å². The van der Waals surface area contributed by atoms with Crippen LogP contribution in [0.15, 0.2) is 0 Å². The molecule has 1 unspecified atom stereocenters. The second-order valence-electron chi connectivity index (χ2n) is 10.3. The molecule has 0 fully saturated rings. The van der Waals surface area contributed by atoms with Gasteiger partial charge in [-0.3, -0.25) is 0 Å². The highest BCUT2D eigenvalue weighted by Crippen LogP contribution is 2.16. The van der Waals surface area contributed by atoms with Gasteiger partial charge in [0.05, 0.1) is 0 Å². The maximum Gasteiger partial charge on any atom is 0.00508 e. The molecule has 0 aromatic heterocycles. The van der Waals surface area contributed by atoms with Crippen LogP contribution in [0.5, 0.6) is 0 Å². The van der Waals surface area contributed by atoms with E-state index < -0.39 is 0 Å². The van der Waals surface area contributed by atoms with E-state index in [0.29, 0.717) is 6.04 Å². The molecule has 0 aliphatic rings. The van der Waals surface area contributed by atoms with E-state index in [9.17, 15) is 0 Å². The zero-order valence-electron chi connectivity index (χ0n) is 21.8. The Morgan fingerprint density at radius 2 is 0.645 bits per heavy atom. The molecule has 0 amide bonds. The minimum absolute atomic E-state index is 0.338. The minimum atomic E-state index is 0.338. The second kappa shape index (κ2) is 28.0. The highest BCUT2D eigenvalue weighted by molar-refractivity contribution is 4.61. The van der Waals surface area contributed by atoms with Crippen molar-refractivity contribution in [3.63, 3.8) is 0 Å². The number of hydrogen-bond acceptors (Lipinski definition) is 2. The Hall–Kier alpha value is -0.0800. The topological polar surface area (TPSA) is 52.0 Å². The van der Waals surface area contributed by atoms with Gasteiger partial charge < -0.3 is 11.5 Å². The van der Waals surface area contributed by atoms with Crippen molar-refractivity contribution in [1.82, 2.24) is 0 Å². The van der Waals surface area contributed by atoms with E-state index in [1.54, 1.807) is 0 Å². The molecule has 0 rings (SSSR count). The standard InChI is InChI=1S/C29H62N2/c1-2-3-4-5-6-7-8-9-10-11-12-13-14-15-16-17-18-19-20-21-22-23-24-25-26-29(31)27-28-30/h29H,2-28,30-31H2,1H3. The molecule has 0 heterocycles. The summed E-state index contributed by atoms with van der Waals surface area (Å²) in [6.07, 6.45) is 36.9. The zero-order valence-corrected chi connectivity index (χ0v) is 21.8. The molecule has 0 aliphatic heterocycles. The molecule has 0 saturated heterocycles. The number of hydrogen-bond donors (Lipinski definition) is 2. The molecule has 0 aromatic carbocycles. The Morgan fingerprint density at radius 1 is 0.387 bits per heavy atom. The van der Waals surface area contributed by atoms with Gasteiger partial charge in [-0.05, 0) is 19.4 Å². The van der Waals surface area contributed by atoms with Crippen molar-refractivity contribution in [3.05, 3.63) is 0 Å². The Kier molecular flexibility index (Phi) is 27.9. The molecule has 1 atom stereocenters. The first-order valence-electron chi connectivity index (χ1n) is 14.8. The highest BCUT2D eigenvalue weighted by Gasteiger charge is 2.00. The highest BCUT2D eigenvalue weighted by atomic mass is 14.6. The van der Waals surface area contributed by atoms with Crippen LogP contribution in [0, 0.1) is 0 Å². The summed E-state index contributed by atoms with van der Waals surface area (Å²) in [7, 11) is 0. The molecule has 0 aromatic rings. The van der Waals surface area contributed by atoms with Gasteiger partial charge in [-0.2, -0.15) is 0 Å². The van der Waals surface area contributed by atoms with Crippen molar-refractivity contribution in [3.8, 4) is 0 Å². The van der Waals surface area contributed by atoms with Gasteiger partial charge in [0.2, 0.25) is 0 Å². The molecule has 0 spiro atoms. The number of nitrogens with two attached hydrogens (primary N) is 2. The molecule has 0 aliphatic carbocycles. The lowest BCUT2D eigenvalue weighted by Crippen LogP contribution is -2.23. The van der Waals surface area contributed by atoms with Crippen molar-refractivity contribution in [2.75, 3.05) is 6.54 Å². The normalized spacial score (nSPS) is 12.5. The van der Waals surface area contributed by atoms with E-state index in [1.807, 2.05) is 0 Å². The summed E-state index contributed by atoms with van der Waals surface area (Å²) in [5.41, 5.74) is 11.5. The monoisotopic (exact) mass is 438 g/mol. The Morgan fingerprint density at radius 3 is 0.903 bits per heavy atom. The number of unbranched alkanes of at least 4 members (excludes halogenated alkanes) is 23. The summed E-state index contributed by atoms with van der Waals surface area (Å²) in [6.45, 7) is 3.04. The summed E-state index contributed by atoms with van der Waals surface area (Å²) in [4.78, 5) is 0. The van der Waals surface area contributed by atoms with Crippen molar-refractivity contribution in [2.45, 2.75) is 180 Å². The maximum absolute atomic E-state index is 6.00. The van der Waals surface area contributed by atoms with Crippen molar-refractivity contribution >= 4 is 0 Å². The predicted molar refractivity (Wildman–Crippen MR) is 143 cm³/mol. The fourth-order valence-electron chi connectivity index (χ4n) is 4.73. The first kappa shape index (κ1) is 30.9. The van der Waals surface area contributed by atoms with E-state index >= 15 is 0 Å². The third-order valence-electron chi connectivity index (χ3n) is 6.97. The second-order valence-corrected chi connectivity index (χ2v) is 10.3. The first-order chi connectivity index (χ1) is 15.3. The average molecular weight is 439 g/mol. The molecule has 4 N–H and O–H groups in total. The van der Waals surface area contributed by atoms with Crippen LogP contribution in [0.25, 0.3) is 0 Å². The molecular formula is C29H62N2. The summed E-state index contributed by atoms with van der Waals surface area (Å²) in [5.74, 6) is 0. The minimum Gasteiger partial charge on any atom is -0.330 e. The summed E-state index contributed by atoms with van der Waals surface area (Å²) in [5, 5.41) is 0. The van der Waals surface area contributed by atoms with Gasteiger partial charge in [-0.15, -0.1) is 0 Å². The summed E-state index contributed by atoms with van der Waals surface area (Å²) < 4.78 is 0. The lowest BCUT2D eigenvalue weighted by Gasteiger charge is -2.09. The SMILES string of the molecule is CCCCCCCCCCCCCCCCCCCCCCCCCCC(N)CCN. The molecule has 2 nitrogen and oxygen atoms in total. The van der Waals surface area contributed by atoms with Crippen LogP contribution in [0.2, 0.25) is 0 Å². The van der Waals surface area contributed by atoms with E-state index in [0.717, 1.165) is 19.4 Å². The lowest BCUT2D eigenvalue weighted by atomic mass is 10.0. The van der Waals surface area contributed by atoms with Crippen molar-refractivity contribution < 1.29 is 0 Å². The van der Waals surface area contributed by atoms with Gasteiger partial charge in [-0.25, -0.2) is 0 Å². The van der Waals surface area contributed by atoms with Gasteiger partial charge in [-0.1, -0.05) is 161 Å². The van der Waals surface area contributed by atoms with Crippen LogP contribution in [0.4, 0.5) is 0 Å². The lowest BCUT2D eigenvalue weighted by molar-refractivity contribution is 0.503. The quantitative estimate of drug-likeness (QED) is 0.125. The Balaban J connectivity index is 3.02. The van der Waals surface area contributed by atoms with Gasteiger partial charge in [0.15, 0.2) is 0 Å². The summed E-state index contributed by atoms with van der Waals surface area (Å²) >= 11 is 0. The van der Waals surface area contributed by atoms with Gasteiger partial charge >= 0.3 is 0 Å². The van der Waals surface area contributed by atoms with E-state index in [4.69, 9.17) is 11.5 Å². The number of rotatable bonds is 27. The third kappa shape index (κ3) is 27.9. The molecule has 0 radical (unpaired) electrons. The smallest absolute Gasteiger partial charge is 0.00508 e. The summed E-state index contributed by atoms with van der Waals surface area (Å²) in [6, 6.07) is 0.338. The van der Waals surface area contributed by atoms with Crippen LogP contribution >= 0.6 is 0 Å². The third-order valence-corrected chi connectivity index (χ3v) is 6.97. The Labute approximate surface area is 198 Å². The average Bonchev–Trinajstić information content (AvgIpc) is 2.77. The molecule has 2 heteroatoms. The first-order valence-corrected chi connectivity index (χ1v) is 14.8.